The first-order valence-electron chi connectivity index (χ1n) is 3.64. The molecule has 2 N–H and O–H groups in total. The molecule has 5 nitrogen and oxygen atoms in total. The van der Waals surface area contributed by atoms with E-state index < -0.39 is 6.09 Å². The van der Waals surface area contributed by atoms with E-state index in [1.165, 1.54) is 11.5 Å². The van der Waals surface area contributed by atoms with Gasteiger partial charge in [0.15, 0.2) is 0 Å². The minimum absolute atomic E-state index is 0.784. The van der Waals surface area contributed by atoms with E-state index >= 15 is 0 Å². The molecule has 1 aromatic heterocycles. The molecule has 0 saturated carbocycles. The van der Waals surface area contributed by atoms with Crippen LogP contribution in [0.2, 0.25) is 0 Å². The molecule has 0 aliphatic rings. The Balaban J connectivity index is 2.32. The summed E-state index contributed by atoms with van der Waals surface area (Å²) in [4.78, 5) is 11.1. The number of carboxylic acid groups (broad SMARTS) is 1. The highest BCUT2D eigenvalue weighted by Crippen LogP contribution is 2.27. The maximum absolute atomic E-state index is 10.3. The van der Waals surface area contributed by atoms with Crippen molar-refractivity contribution in [3.05, 3.63) is 18.2 Å². The number of hydrogen-bond acceptors (Lipinski definition) is 5. The second-order valence-electron chi connectivity index (χ2n) is 2.39. The van der Waals surface area contributed by atoms with Crippen molar-refractivity contribution >= 4 is 39.8 Å². The van der Waals surface area contributed by atoms with Crippen molar-refractivity contribution in [1.29, 1.82) is 0 Å². The third-order valence-corrected chi connectivity index (χ3v) is 3.23. The molecular weight excluding hydrogens is 222 g/mol. The molecular formula is C7H5N3O2S2. The molecule has 0 aliphatic carbocycles. The second kappa shape index (κ2) is 3.81. The molecule has 0 bridgehead atoms. The van der Waals surface area contributed by atoms with Crippen molar-refractivity contribution in [1.82, 2.24) is 14.3 Å². The van der Waals surface area contributed by atoms with E-state index in [9.17, 15) is 4.79 Å². The Kier molecular flexibility index (Phi) is 2.51. The Labute approximate surface area is 87.4 Å². The number of rotatable bonds is 2. The number of amides is 1. The van der Waals surface area contributed by atoms with Crippen LogP contribution in [0.1, 0.15) is 0 Å². The fourth-order valence-corrected chi connectivity index (χ4v) is 2.31. The van der Waals surface area contributed by atoms with Crippen LogP contribution in [0.15, 0.2) is 23.1 Å². The number of nitrogens with one attached hydrogen (secondary N) is 1. The lowest BCUT2D eigenvalue weighted by Crippen LogP contribution is -2.11. The largest absolute Gasteiger partial charge is 0.464 e. The standard InChI is InChI=1S/C7H5N3O2S2/c11-7(12)9-13-5-3-1-2-4-6(5)14-10-8-4/h1-3,9H,(H,11,12). The van der Waals surface area contributed by atoms with Gasteiger partial charge in [0.25, 0.3) is 0 Å². The molecule has 1 heterocycles. The quantitative estimate of drug-likeness (QED) is 0.767. The summed E-state index contributed by atoms with van der Waals surface area (Å²) in [6.45, 7) is 0. The van der Waals surface area contributed by atoms with Crippen molar-refractivity contribution in [2.75, 3.05) is 0 Å². The first kappa shape index (κ1) is 9.22. The normalized spacial score (nSPS) is 10.3. The zero-order valence-corrected chi connectivity index (χ0v) is 8.43. The first-order chi connectivity index (χ1) is 6.77. The number of hydrogen-bond donors (Lipinski definition) is 2. The number of fused-ring (bicyclic) bond motifs is 1. The molecule has 1 amide bonds. The Hall–Kier alpha value is -1.34. The number of nitrogens with zero attached hydrogens (tertiary/aromatic N) is 2. The van der Waals surface area contributed by atoms with Gasteiger partial charge < -0.3 is 5.11 Å². The molecule has 0 saturated heterocycles. The molecule has 0 radical (unpaired) electrons. The van der Waals surface area contributed by atoms with E-state index in [1.54, 1.807) is 0 Å². The van der Waals surface area contributed by atoms with Crippen LogP contribution in [0.5, 0.6) is 0 Å². The summed E-state index contributed by atoms with van der Waals surface area (Å²) < 4.78 is 6.92. The molecule has 72 valence electrons. The summed E-state index contributed by atoms with van der Waals surface area (Å²) in [5, 5.41) is 12.3. The molecule has 0 aliphatic heterocycles. The van der Waals surface area contributed by atoms with Gasteiger partial charge in [0.1, 0.15) is 5.52 Å². The molecule has 7 heteroatoms. The van der Waals surface area contributed by atoms with Gasteiger partial charge in [-0.3, -0.25) is 4.72 Å². The maximum Gasteiger partial charge on any atom is 0.415 e. The number of benzene rings is 1. The highest BCUT2D eigenvalue weighted by atomic mass is 32.2. The molecule has 0 unspecified atom stereocenters. The summed E-state index contributed by atoms with van der Waals surface area (Å²) in [5.41, 5.74) is 0.784. The average Bonchev–Trinajstić information content (AvgIpc) is 2.62. The van der Waals surface area contributed by atoms with Gasteiger partial charge in [-0.2, -0.15) is 0 Å². The predicted octanol–water partition coefficient (Wildman–Crippen LogP) is 1.97. The zero-order valence-electron chi connectivity index (χ0n) is 6.80. The van der Waals surface area contributed by atoms with Crippen LogP contribution in [-0.2, 0) is 0 Å². The fraction of sp³-hybridized carbons (Fsp3) is 0. The van der Waals surface area contributed by atoms with Gasteiger partial charge in [-0.1, -0.05) is 10.6 Å². The Morgan fingerprint density at radius 2 is 2.43 bits per heavy atom. The monoisotopic (exact) mass is 227 g/mol. The van der Waals surface area contributed by atoms with Gasteiger partial charge in [0, 0.05) is 4.90 Å². The maximum atomic E-state index is 10.3. The molecule has 2 rings (SSSR count). The van der Waals surface area contributed by atoms with Gasteiger partial charge in [0.05, 0.1) is 4.70 Å². The minimum Gasteiger partial charge on any atom is -0.464 e. The summed E-state index contributed by atoms with van der Waals surface area (Å²) in [6.07, 6.45) is -1.07. The van der Waals surface area contributed by atoms with Gasteiger partial charge in [0.2, 0.25) is 0 Å². The number of aromatic nitrogens is 2. The molecule has 14 heavy (non-hydrogen) atoms. The van der Waals surface area contributed by atoms with E-state index in [2.05, 4.69) is 14.3 Å². The van der Waals surface area contributed by atoms with Crippen LogP contribution < -0.4 is 4.72 Å². The third kappa shape index (κ3) is 1.78. The smallest absolute Gasteiger partial charge is 0.415 e. The minimum atomic E-state index is -1.07. The highest BCUT2D eigenvalue weighted by molar-refractivity contribution is 7.98. The van der Waals surface area contributed by atoms with E-state index in [1.807, 2.05) is 18.2 Å². The first-order valence-corrected chi connectivity index (χ1v) is 5.23. The highest BCUT2D eigenvalue weighted by Gasteiger charge is 2.06. The van der Waals surface area contributed by atoms with Gasteiger partial charge in [-0.15, -0.1) is 5.10 Å². The Morgan fingerprint density at radius 3 is 3.21 bits per heavy atom. The van der Waals surface area contributed by atoms with Gasteiger partial charge in [-0.05, 0) is 35.6 Å². The topological polar surface area (TPSA) is 75.1 Å². The van der Waals surface area contributed by atoms with Crippen molar-refractivity contribution in [3.63, 3.8) is 0 Å². The van der Waals surface area contributed by atoms with Crippen molar-refractivity contribution in [2.45, 2.75) is 4.90 Å². The SMILES string of the molecule is O=C(O)NSc1cccc2nnsc12. The lowest BCUT2D eigenvalue weighted by Gasteiger charge is -1.99. The van der Waals surface area contributed by atoms with Gasteiger partial charge >= 0.3 is 6.09 Å². The van der Waals surface area contributed by atoms with Crippen molar-refractivity contribution in [2.24, 2.45) is 0 Å². The van der Waals surface area contributed by atoms with Crippen molar-refractivity contribution < 1.29 is 9.90 Å². The second-order valence-corrected chi connectivity index (χ2v) is 3.99. The van der Waals surface area contributed by atoms with E-state index in [0.29, 0.717) is 0 Å². The van der Waals surface area contributed by atoms with Crippen LogP contribution in [0.3, 0.4) is 0 Å². The predicted molar refractivity (Wildman–Crippen MR) is 54.4 cm³/mol. The number of carbonyl (C=O) groups is 1. The molecule has 1 aromatic carbocycles. The summed E-state index contributed by atoms with van der Waals surface area (Å²) in [6, 6.07) is 5.47. The summed E-state index contributed by atoms with van der Waals surface area (Å²) >= 11 is 2.29. The third-order valence-electron chi connectivity index (χ3n) is 1.49. The fourth-order valence-electron chi connectivity index (χ4n) is 0.959. The Morgan fingerprint density at radius 1 is 1.57 bits per heavy atom. The van der Waals surface area contributed by atoms with Crippen LogP contribution in [0.25, 0.3) is 10.2 Å². The summed E-state index contributed by atoms with van der Waals surface area (Å²) in [5.74, 6) is 0. The lowest BCUT2D eigenvalue weighted by atomic mass is 10.3. The van der Waals surface area contributed by atoms with Crippen molar-refractivity contribution in [3.8, 4) is 0 Å². The molecule has 0 fully saturated rings. The van der Waals surface area contributed by atoms with Crippen LogP contribution >= 0.6 is 23.5 Å². The Bertz CT molecular complexity index is 471. The average molecular weight is 227 g/mol. The zero-order chi connectivity index (χ0) is 9.97. The van der Waals surface area contributed by atoms with E-state index in [-0.39, 0.29) is 0 Å². The van der Waals surface area contributed by atoms with Crippen LogP contribution in [-0.4, -0.2) is 20.8 Å². The summed E-state index contributed by atoms with van der Waals surface area (Å²) in [7, 11) is 0. The molecule has 2 aromatic rings. The van der Waals surface area contributed by atoms with Gasteiger partial charge in [-0.25, -0.2) is 4.79 Å². The van der Waals surface area contributed by atoms with Crippen LogP contribution in [0.4, 0.5) is 4.79 Å². The van der Waals surface area contributed by atoms with E-state index in [4.69, 9.17) is 5.11 Å². The van der Waals surface area contributed by atoms with Crippen LogP contribution in [0, 0.1) is 0 Å². The van der Waals surface area contributed by atoms with E-state index in [0.717, 1.165) is 27.1 Å². The lowest BCUT2D eigenvalue weighted by molar-refractivity contribution is 0.202. The molecule has 0 atom stereocenters. The molecule has 0 spiro atoms.